The van der Waals surface area contributed by atoms with Gasteiger partial charge in [-0.05, 0) is 41.9 Å². The van der Waals surface area contributed by atoms with Crippen LogP contribution in [-0.2, 0) is 14.8 Å². The molecule has 0 saturated carbocycles. The zero-order valence-corrected chi connectivity index (χ0v) is 13.0. The van der Waals surface area contributed by atoms with Crippen LogP contribution in [0, 0.1) is 0 Å². The lowest BCUT2D eigenvalue weighted by molar-refractivity contribution is 0.0377. The zero-order valence-electron chi connectivity index (χ0n) is 10.6. The minimum atomic E-state index is -4.02. The number of sulfonamides is 1. The topological polar surface area (TPSA) is 95.7 Å². The van der Waals surface area contributed by atoms with Gasteiger partial charge in [0.2, 0.25) is 10.0 Å². The monoisotopic (exact) mass is 351 g/mol. The highest BCUT2D eigenvalue weighted by atomic mass is 79.9. The van der Waals surface area contributed by atoms with Gasteiger partial charge in [0, 0.05) is 0 Å². The fourth-order valence-corrected chi connectivity index (χ4v) is 2.87. The molecule has 0 amide bonds. The second kappa shape index (κ2) is 5.89. The molecule has 0 bridgehead atoms. The molecule has 2 N–H and O–H groups in total. The number of benzene rings is 1. The van der Waals surface area contributed by atoms with Crippen molar-refractivity contribution in [3.05, 3.63) is 22.2 Å². The van der Waals surface area contributed by atoms with Crippen LogP contribution < -0.4 is 9.88 Å². The minimum Gasteiger partial charge on any atom is -0.494 e. The minimum absolute atomic E-state index is 0.0450. The van der Waals surface area contributed by atoms with Gasteiger partial charge >= 0.3 is 5.97 Å². The third-order valence-corrected chi connectivity index (χ3v) is 3.60. The maximum atomic E-state index is 11.8. The van der Waals surface area contributed by atoms with Crippen LogP contribution in [-0.4, -0.2) is 27.6 Å². The fourth-order valence-electron chi connectivity index (χ4n) is 1.38. The van der Waals surface area contributed by atoms with Gasteiger partial charge in [-0.3, -0.25) is 0 Å². The molecule has 8 heteroatoms. The van der Waals surface area contributed by atoms with Crippen LogP contribution in [0.4, 0.5) is 0 Å². The average molecular weight is 352 g/mol. The molecule has 106 valence electrons. The summed E-state index contributed by atoms with van der Waals surface area (Å²) in [4.78, 5) is 11.5. The van der Waals surface area contributed by atoms with Gasteiger partial charge in [0.1, 0.15) is 4.90 Å². The molecule has 0 spiro atoms. The molecule has 1 aromatic carbocycles. The molecule has 0 aromatic heterocycles. The van der Waals surface area contributed by atoms with Crippen molar-refractivity contribution < 1.29 is 22.7 Å². The number of esters is 1. The van der Waals surface area contributed by atoms with E-state index in [0.29, 0.717) is 4.47 Å². The number of carbonyl (C=O) groups is 1. The van der Waals surface area contributed by atoms with Crippen molar-refractivity contribution in [1.29, 1.82) is 0 Å². The van der Waals surface area contributed by atoms with Crippen LogP contribution in [0.3, 0.4) is 0 Å². The first-order chi connectivity index (χ1) is 8.66. The summed E-state index contributed by atoms with van der Waals surface area (Å²) < 4.78 is 33.2. The number of hydrogen-bond donors (Lipinski definition) is 1. The smallest absolute Gasteiger partial charge is 0.338 e. The van der Waals surface area contributed by atoms with E-state index in [1.807, 2.05) is 0 Å². The van der Waals surface area contributed by atoms with E-state index in [-0.39, 0.29) is 22.3 Å². The highest BCUT2D eigenvalue weighted by Gasteiger charge is 2.22. The lowest BCUT2D eigenvalue weighted by Gasteiger charge is -2.12. The summed E-state index contributed by atoms with van der Waals surface area (Å²) in [6.45, 7) is 3.38. The zero-order chi connectivity index (χ0) is 14.8. The molecule has 0 atom stereocenters. The van der Waals surface area contributed by atoms with Crippen LogP contribution in [0.2, 0.25) is 0 Å². The maximum absolute atomic E-state index is 11.8. The van der Waals surface area contributed by atoms with Crippen LogP contribution in [0.15, 0.2) is 21.5 Å². The number of primary sulfonamides is 1. The Morgan fingerprint density at radius 2 is 1.95 bits per heavy atom. The number of nitrogens with two attached hydrogens (primary N) is 1. The second-order valence-corrected chi connectivity index (χ2v) is 6.37. The lowest BCUT2D eigenvalue weighted by atomic mass is 10.2. The third kappa shape index (κ3) is 3.92. The van der Waals surface area contributed by atoms with Crippen molar-refractivity contribution in [2.45, 2.75) is 24.8 Å². The van der Waals surface area contributed by atoms with E-state index in [9.17, 15) is 13.2 Å². The van der Waals surface area contributed by atoms with Gasteiger partial charge in [-0.1, -0.05) is 0 Å². The summed E-state index contributed by atoms with van der Waals surface area (Å²) in [6.07, 6.45) is -0.314. The Bertz CT molecular complexity index is 597. The number of rotatable bonds is 4. The summed E-state index contributed by atoms with van der Waals surface area (Å²) in [7, 11) is -2.71. The number of ether oxygens (including phenoxy) is 2. The summed E-state index contributed by atoms with van der Waals surface area (Å²) in [5, 5.41) is 5.09. The van der Waals surface area contributed by atoms with Crippen LogP contribution in [0.25, 0.3) is 0 Å². The lowest BCUT2D eigenvalue weighted by Crippen LogP contribution is -2.16. The normalized spacial score (nSPS) is 11.5. The molecule has 1 rings (SSSR count). The van der Waals surface area contributed by atoms with Gasteiger partial charge in [-0.2, -0.15) is 0 Å². The Morgan fingerprint density at radius 1 is 1.37 bits per heavy atom. The van der Waals surface area contributed by atoms with Crippen molar-refractivity contribution in [1.82, 2.24) is 0 Å². The second-order valence-electron chi connectivity index (χ2n) is 3.99. The molecule has 0 fully saturated rings. The van der Waals surface area contributed by atoms with Gasteiger partial charge < -0.3 is 9.47 Å². The molecule has 0 aliphatic carbocycles. The van der Waals surface area contributed by atoms with Crippen molar-refractivity contribution in [3.8, 4) is 5.75 Å². The third-order valence-electron chi connectivity index (χ3n) is 2.10. The van der Waals surface area contributed by atoms with Crippen LogP contribution in [0.1, 0.15) is 24.2 Å². The van der Waals surface area contributed by atoms with E-state index < -0.39 is 16.0 Å². The van der Waals surface area contributed by atoms with Crippen molar-refractivity contribution in [3.63, 3.8) is 0 Å². The first kappa shape index (κ1) is 15.9. The Kier molecular flexibility index (Phi) is 4.94. The summed E-state index contributed by atoms with van der Waals surface area (Å²) in [5.41, 5.74) is 0.0744. The van der Waals surface area contributed by atoms with Crippen LogP contribution in [0.5, 0.6) is 5.75 Å². The number of methoxy groups -OCH3 is 1. The molecule has 0 saturated heterocycles. The molecule has 6 nitrogen and oxygen atoms in total. The predicted molar refractivity (Wildman–Crippen MR) is 72.6 cm³/mol. The first-order valence-corrected chi connectivity index (χ1v) is 7.62. The van der Waals surface area contributed by atoms with E-state index >= 15 is 0 Å². The predicted octanol–water partition coefficient (Wildman–Crippen LogP) is 1.67. The molecule has 19 heavy (non-hydrogen) atoms. The SMILES string of the molecule is COc1c(Br)cc(C(=O)OC(C)C)cc1S(N)(=O)=O. The molecule has 0 aliphatic heterocycles. The Balaban J connectivity index is 3.40. The molecular formula is C11H14BrNO5S. The van der Waals surface area contributed by atoms with Crippen molar-refractivity contribution >= 4 is 31.9 Å². The Labute approximate surface area is 120 Å². The van der Waals surface area contributed by atoms with E-state index in [2.05, 4.69) is 15.9 Å². The van der Waals surface area contributed by atoms with E-state index in [4.69, 9.17) is 14.6 Å². The Hall–Kier alpha value is -1.12. The average Bonchev–Trinajstić information content (AvgIpc) is 2.25. The Morgan fingerprint density at radius 3 is 2.37 bits per heavy atom. The highest BCUT2D eigenvalue weighted by molar-refractivity contribution is 9.10. The van der Waals surface area contributed by atoms with Crippen LogP contribution >= 0.6 is 15.9 Å². The summed E-state index contributed by atoms with van der Waals surface area (Å²) in [5.74, 6) is -0.591. The number of carbonyl (C=O) groups excluding carboxylic acids is 1. The molecule has 0 aliphatic rings. The molecule has 0 heterocycles. The van der Waals surface area contributed by atoms with Gasteiger partial charge in [-0.15, -0.1) is 0 Å². The van der Waals surface area contributed by atoms with E-state index in [1.54, 1.807) is 13.8 Å². The molecule has 0 unspecified atom stereocenters. The molecular weight excluding hydrogens is 338 g/mol. The standard InChI is InChI=1S/C11H14BrNO5S/c1-6(2)18-11(14)7-4-8(12)10(17-3)9(5-7)19(13,15)16/h4-6H,1-3H3,(H2,13,15,16). The highest BCUT2D eigenvalue weighted by Crippen LogP contribution is 2.33. The quantitative estimate of drug-likeness (QED) is 0.832. The largest absolute Gasteiger partial charge is 0.494 e. The van der Waals surface area contributed by atoms with Gasteiger partial charge in [0.05, 0.1) is 23.2 Å². The molecule has 1 aromatic rings. The van der Waals surface area contributed by atoms with Gasteiger partial charge in [0.25, 0.3) is 0 Å². The van der Waals surface area contributed by atoms with Gasteiger partial charge in [-0.25, -0.2) is 18.4 Å². The fraction of sp³-hybridized carbons (Fsp3) is 0.364. The maximum Gasteiger partial charge on any atom is 0.338 e. The summed E-state index contributed by atoms with van der Waals surface area (Å²) in [6, 6.07) is 2.54. The van der Waals surface area contributed by atoms with E-state index in [0.717, 1.165) is 6.07 Å². The number of halogens is 1. The van der Waals surface area contributed by atoms with Crippen molar-refractivity contribution in [2.75, 3.05) is 7.11 Å². The number of hydrogen-bond acceptors (Lipinski definition) is 5. The van der Waals surface area contributed by atoms with Gasteiger partial charge in [0.15, 0.2) is 5.75 Å². The first-order valence-electron chi connectivity index (χ1n) is 5.28. The van der Waals surface area contributed by atoms with E-state index in [1.165, 1.54) is 13.2 Å². The summed E-state index contributed by atoms with van der Waals surface area (Å²) >= 11 is 3.13. The molecule has 0 radical (unpaired) electrons. The van der Waals surface area contributed by atoms with Crippen molar-refractivity contribution in [2.24, 2.45) is 5.14 Å².